The Kier molecular flexibility index (Phi) is 4.66. The van der Waals surface area contributed by atoms with Crippen LogP contribution in [0, 0.1) is 11.3 Å². The van der Waals surface area contributed by atoms with Crippen LogP contribution in [0.1, 0.15) is 58.7 Å². The Morgan fingerprint density at radius 3 is 2.55 bits per heavy atom. The number of hydrogen-bond donors (Lipinski definition) is 2. The van der Waals surface area contributed by atoms with Crippen LogP contribution in [0.5, 0.6) is 0 Å². The van der Waals surface area contributed by atoms with Crippen molar-refractivity contribution in [1.29, 1.82) is 5.41 Å². The van der Waals surface area contributed by atoms with Gasteiger partial charge in [-0.05, 0) is 19.3 Å². The minimum atomic E-state index is -0.136. The fourth-order valence-electron chi connectivity index (χ4n) is 2.46. The van der Waals surface area contributed by atoms with Gasteiger partial charge >= 0.3 is 0 Å². The number of aliphatic hydroxyl groups is 1. The molecule has 22 heavy (non-hydrogen) atoms. The van der Waals surface area contributed by atoms with Crippen molar-refractivity contribution >= 4 is 22.7 Å². The van der Waals surface area contributed by atoms with Gasteiger partial charge in [0.25, 0.3) is 0 Å². The topological polar surface area (TPSA) is 60.2 Å². The van der Waals surface area contributed by atoms with Gasteiger partial charge < -0.3 is 10.0 Å². The molecule has 0 aromatic carbocycles. The predicted molar refractivity (Wildman–Crippen MR) is 93.7 cm³/mol. The van der Waals surface area contributed by atoms with Gasteiger partial charge in [0.05, 0.1) is 17.3 Å². The van der Waals surface area contributed by atoms with E-state index in [1.807, 2.05) is 17.2 Å². The Labute approximate surface area is 137 Å². The number of amidine groups is 1. The summed E-state index contributed by atoms with van der Waals surface area (Å²) in [5.41, 5.74) is 1.60. The van der Waals surface area contributed by atoms with Crippen LogP contribution in [0.15, 0.2) is 11.1 Å². The quantitative estimate of drug-likeness (QED) is 0.862. The predicted octanol–water partition coefficient (Wildman–Crippen LogP) is 4.44. The van der Waals surface area contributed by atoms with Gasteiger partial charge in [0.1, 0.15) is 16.6 Å². The number of nitrogens with zero attached hydrogens (tertiary/aromatic N) is 2. The van der Waals surface area contributed by atoms with E-state index in [0.717, 1.165) is 23.7 Å². The molecule has 0 radical (unpaired) electrons. The highest BCUT2D eigenvalue weighted by Crippen LogP contribution is 2.35. The molecule has 0 fully saturated rings. The van der Waals surface area contributed by atoms with E-state index >= 15 is 0 Å². The summed E-state index contributed by atoms with van der Waals surface area (Å²) in [6.07, 6.45) is 1.01. The monoisotopic (exact) mass is 321 g/mol. The van der Waals surface area contributed by atoms with Gasteiger partial charge in [0, 0.05) is 17.3 Å². The third-order valence-corrected chi connectivity index (χ3v) is 4.94. The summed E-state index contributed by atoms with van der Waals surface area (Å²) in [6, 6.07) is -0.136. The molecule has 0 spiro atoms. The molecular formula is C17H27N3OS. The third kappa shape index (κ3) is 3.19. The van der Waals surface area contributed by atoms with E-state index in [1.165, 1.54) is 11.3 Å². The molecule has 0 amide bonds. The lowest BCUT2D eigenvalue weighted by molar-refractivity contribution is 0.275. The summed E-state index contributed by atoms with van der Waals surface area (Å²) in [6.45, 7) is 13.5. The van der Waals surface area contributed by atoms with Crippen LogP contribution in [0.3, 0.4) is 0 Å². The summed E-state index contributed by atoms with van der Waals surface area (Å²) in [7, 11) is 0. The van der Waals surface area contributed by atoms with Gasteiger partial charge in [-0.3, -0.25) is 5.41 Å². The normalized spacial score (nSPS) is 19.7. The highest BCUT2D eigenvalue weighted by atomic mass is 32.1. The van der Waals surface area contributed by atoms with Gasteiger partial charge in [-0.2, -0.15) is 0 Å². The lowest BCUT2D eigenvalue weighted by Crippen LogP contribution is -2.34. The number of thiazole rings is 1. The first-order chi connectivity index (χ1) is 10.1. The lowest BCUT2D eigenvalue weighted by atomic mass is 9.93. The second-order valence-corrected chi connectivity index (χ2v) is 8.31. The van der Waals surface area contributed by atoms with Crippen LogP contribution in [0.4, 0.5) is 0 Å². The van der Waals surface area contributed by atoms with Crippen molar-refractivity contribution in [2.24, 2.45) is 5.92 Å². The smallest absolute Gasteiger partial charge is 0.135 e. The first kappa shape index (κ1) is 17.0. The molecule has 1 aliphatic heterocycles. The number of hydrogen-bond acceptors (Lipinski definition) is 4. The second kappa shape index (κ2) is 6.03. The van der Waals surface area contributed by atoms with Crippen LogP contribution < -0.4 is 0 Å². The van der Waals surface area contributed by atoms with Crippen molar-refractivity contribution in [2.75, 3.05) is 6.54 Å². The van der Waals surface area contributed by atoms with Gasteiger partial charge in [-0.15, -0.1) is 11.3 Å². The Bertz CT molecular complexity index is 595. The van der Waals surface area contributed by atoms with Gasteiger partial charge in [-0.25, -0.2) is 4.98 Å². The van der Waals surface area contributed by atoms with Crippen LogP contribution in [0.2, 0.25) is 0 Å². The van der Waals surface area contributed by atoms with E-state index in [9.17, 15) is 5.11 Å². The molecule has 122 valence electrons. The van der Waals surface area contributed by atoms with Crippen molar-refractivity contribution in [3.63, 3.8) is 0 Å². The maximum atomic E-state index is 10.5. The number of aliphatic hydroxyl groups excluding tert-OH is 1. The standard InChI is InChI=1S/C17H27N3OS/c1-10(2)7-8-20-11(3)14(21)13(15(20)18)16-19-12(9-22-16)17(4,5)6/h9-11,18,21H,7-8H2,1-6H3. The van der Waals surface area contributed by atoms with Crippen LogP contribution in [0.25, 0.3) is 5.57 Å². The third-order valence-electron chi connectivity index (χ3n) is 4.08. The van der Waals surface area contributed by atoms with E-state index in [0.29, 0.717) is 17.3 Å². The molecule has 1 aromatic heterocycles. The summed E-state index contributed by atoms with van der Waals surface area (Å²) >= 11 is 1.51. The average molecular weight is 321 g/mol. The molecule has 5 heteroatoms. The van der Waals surface area contributed by atoms with E-state index in [2.05, 4.69) is 39.6 Å². The molecule has 1 atom stereocenters. The Hall–Kier alpha value is -1.36. The first-order valence-corrected chi connectivity index (χ1v) is 8.76. The summed E-state index contributed by atoms with van der Waals surface area (Å²) in [5, 5.41) is 21.7. The van der Waals surface area contributed by atoms with Gasteiger partial charge in [-0.1, -0.05) is 34.6 Å². The minimum Gasteiger partial charge on any atom is -0.509 e. The zero-order valence-corrected chi connectivity index (χ0v) is 15.2. The van der Waals surface area contributed by atoms with Gasteiger partial charge in [0.15, 0.2) is 0 Å². The second-order valence-electron chi connectivity index (χ2n) is 7.45. The van der Waals surface area contributed by atoms with Crippen molar-refractivity contribution < 1.29 is 5.11 Å². The molecule has 2 rings (SSSR count). The average Bonchev–Trinajstić information content (AvgIpc) is 2.94. The van der Waals surface area contributed by atoms with E-state index < -0.39 is 0 Å². The Morgan fingerprint density at radius 2 is 2.05 bits per heavy atom. The molecule has 2 N–H and O–H groups in total. The number of nitrogens with one attached hydrogen (secondary N) is 1. The van der Waals surface area contributed by atoms with Gasteiger partial charge in [0.2, 0.25) is 0 Å². The molecule has 4 nitrogen and oxygen atoms in total. The molecule has 0 saturated heterocycles. The molecule has 0 aliphatic carbocycles. The number of aromatic nitrogens is 1. The molecule has 0 saturated carbocycles. The van der Waals surface area contributed by atoms with E-state index in [1.54, 1.807) is 0 Å². The van der Waals surface area contributed by atoms with Crippen molar-refractivity contribution in [3.8, 4) is 0 Å². The molecule has 0 bridgehead atoms. The highest BCUT2D eigenvalue weighted by Gasteiger charge is 2.36. The van der Waals surface area contributed by atoms with Crippen molar-refractivity contribution in [1.82, 2.24) is 9.88 Å². The van der Waals surface area contributed by atoms with Crippen LogP contribution >= 0.6 is 11.3 Å². The minimum absolute atomic E-state index is 0.0192. The summed E-state index contributed by atoms with van der Waals surface area (Å²) in [4.78, 5) is 6.64. The Morgan fingerprint density at radius 1 is 1.41 bits per heavy atom. The first-order valence-electron chi connectivity index (χ1n) is 7.88. The van der Waals surface area contributed by atoms with E-state index in [-0.39, 0.29) is 17.2 Å². The Balaban J connectivity index is 2.27. The largest absolute Gasteiger partial charge is 0.509 e. The van der Waals surface area contributed by atoms with Crippen LogP contribution in [-0.2, 0) is 5.41 Å². The summed E-state index contributed by atoms with van der Waals surface area (Å²) < 4.78 is 0. The van der Waals surface area contributed by atoms with Crippen LogP contribution in [-0.4, -0.2) is 33.4 Å². The maximum Gasteiger partial charge on any atom is 0.135 e. The highest BCUT2D eigenvalue weighted by molar-refractivity contribution is 7.11. The molecule has 1 aliphatic rings. The fraction of sp³-hybridized carbons (Fsp3) is 0.647. The molecule has 2 heterocycles. The molecule has 1 unspecified atom stereocenters. The summed E-state index contributed by atoms with van der Waals surface area (Å²) in [5.74, 6) is 1.27. The fourth-order valence-corrected chi connectivity index (χ4v) is 3.56. The maximum absolute atomic E-state index is 10.5. The SMILES string of the molecule is CC(C)CCN1C(=N)C(c2nc(C(C)(C)C)cs2)=C(O)C1C. The van der Waals surface area contributed by atoms with Crippen molar-refractivity contribution in [2.45, 2.75) is 59.4 Å². The molecular weight excluding hydrogens is 294 g/mol. The van der Waals surface area contributed by atoms with Crippen molar-refractivity contribution in [3.05, 3.63) is 21.8 Å². The molecule has 1 aromatic rings. The number of rotatable bonds is 4. The zero-order chi connectivity index (χ0) is 16.7. The lowest BCUT2D eigenvalue weighted by Gasteiger charge is -2.24. The zero-order valence-electron chi connectivity index (χ0n) is 14.4. The van der Waals surface area contributed by atoms with E-state index in [4.69, 9.17) is 5.41 Å².